The van der Waals surface area contributed by atoms with E-state index in [1.54, 1.807) is 6.20 Å². The van der Waals surface area contributed by atoms with Gasteiger partial charge in [-0.2, -0.15) is 0 Å². The molecule has 0 aliphatic rings. The van der Waals surface area contributed by atoms with Gasteiger partial charge in [0.2, 0.25) is 0 Å². The maximum absolute atomic E-state index is 5.53. The zero-order valence-corrected chi connectivity index (χ0v) is 10.0. The Morgan fingerprint density at radius 1 is 1.33 bits per heavy atom. The Morgan fingerprint density at radius 3 is 2.60 bits per heavy atom. The molecule has 1 N–H and O–H groups in total. The Hall–Kier alpha value is -1.09. The number of aromatic nitrogens is 1. The van der Waals surface area contributed by atoms with Crippen molar-refractivity contribution in [2.45, 2.75) is 33.2 Å². The van der Waals surface area contributed by atoms with Gasteiger partial charge in [-0.15, -0.1) is 0 Å². The Balaban J connectivity index is 2.23. The molecule has 1 rings (SSSR count). The standard InChI is InChI=1S/C12H20N2O/c1-10-5-6-11(9-13-10)15-8-7-14-12(2,3)4/h5-6,9,14H,7-8H2,1-4H3. The predicted octanol–water partition coefficient (Wildman–Crippen LogP) is 2.16. The van der Waals surface area contributed by atoms with Crippen LogP contribution in [-0.2, 0) is 0 Å². The lowest BCUT2D eigenvalue weighted by atomic mass is 10.1. The zero-order chi connectivity index (χ0) is 11.3. The van der Waals surface area contributed by atoms with E-state index in [1.807, 2.05) is 19.1 Å². The first-order valence-electron chi connectivity index (χ1n) is 5.28. The molecule has 0 saturated heterocycles. The molecule has 0 aliphatic heterocycles. The molecule has 1 aromatic heterocycles. The summed E-state index contributed by atoms with van der Waals surface area (Å²) in [4.78, 5) is 4.16. The summed E-state index contributed by atoms with van der Waals surface area (Å²) >= 11 is 0. The number of nitrogens with one attached hydrogen (secondary N) is 1. The van der Waals surface area contributed by atoms with Gasteiger partial charge in [0.05, 0.1) is 6.20 Å². The van der Waals surface area contributed by atoms with Gasteiger partial charge in [0.1, 0.15) is 12.4 Å². The summed E-state index contributed by atoms with van der Waals surface area (Å²) in [6, 6.07) is 3.89. The minimum Gasteiger partial charge on any atom is -0.491 e. The maximum Gasteiger partial charge on any atom is 0.137 e. The van der Waals surface area contributed by atoms with E-state index in [-0.39, 0.29) is 5.54 Å². The molecule has 0 unspecified atom stereocenters. The lowest BCUT2D eigenvalue weighted by molar-refractivity contribution is 0.290. The van der Waals surface area contributed by atoms with Crippen molar-refractivity contribution in [3.05, 3.63) is 24.0 Å². The number of rotatable bonds is 4. The van der Waals surface area contributed by atoms with Gasteiger partial charge in [0.25, 0.3) is 0 Å². The Kier molecular flexibility index (Phi) is 4.09. The van der Waals surface area contributed by atoms with E-state index in [2.05, 4.69) is 31.1 Å². The van der Waals surface area contributed by atoms with Gasteiger partial charge in [-0.3, -0.25) is 4.98 Å². The Labute approximate surface area is 91.9 Å². The highest BCUT2D eigenvalue weighted by Gasteiger charge is 2.07. The van der Waals surface area contributed by atoms with Crippen LogP contribution in [-0.4, -0.2) is 23.7 Å². The van der Waals surface area contributed by atoms with E-state index in [1.165, 1.54) is 0 Å². The van der Waals surface area contributed by atoms with Crippen molar-refractivity contribution in [2.75, 3.05) is 13.2 Å². The molecule has 3 heteroatoms. The summed E-state index contributed by atoms with van der Waals surface area (Å²) in [5, 5.41) is 3.36. The van der Waals surface area contributed by atoms with Gasteiger partial charge >= 0.3 is 0 Å². The molecule has 1 aromatic rings. The normalized spacial score (nSPS) is 11.5. The fraction of sp³-hybridized carbons (Fsp3) is 0.583. The summed E-state index contributed by atoms with van der Waals surface area (Å²) in [7, 11) is 0. The third-order valence-electron chi connectivity index (χ3n) is 1.91. The second kappa shape index (κ2) is 5.12. The van der Waals surface area contributed by atoms with Gasteiger partial charge < -0.3 is 10.1 Å². The number of nitrogens with zero attached hydrogens (tertiary/aromatic N) is 1. The first-order valence-corrected chi connectivity index (χ1v) is 5.28. The quantitative estimate of drug-likeness (QED) is 0.770. The fourth-order valence-corrected chi connectivity index (χ4v) is 1.13. The van der Waals surface area contributed by atoms with Gasteiger partial charge in [-0.1, -0.05) is 0 Å². The average molecular weight is 208 g/mol. The van der Waals surface area contributed by atoms with Crippen molar-refractivity contribution in [1.29, 1.82) is 0 Å². The summed E-state index contributed by atoms with van der Waals surface area (Å²) in [6.07, 6.45) is 1.76. The molecule has 1 heterocycles. The van der Waals surface area contributed by atoms with Crippen molar-refractivity contribution in [2.24, 2.45) is 0 Å². The van der Waals surface area contributed by atoms with Crippen molar-refractivity contribution in [1.82, 2.24) is 10.3 Å². The lowest BCUT2D eigenvalue weighted by Crippen LogP contribution is -2.38. The Morgan fingerprint density at radius 2 is 2.07 bits per heavy atom. The molecule has 0 atom stereocenters. The molecular weight excluding hydrogens is 188 g/mol. The molecule has 0 amide bonds. The molecule has 0 radical (unpaired) electrons. The summed E-state index contributed by atoms with van der Waals surface area (Å²) < 4.78 is 5.53. The van der Waals surface area contributed by atoms with Crippen molar-refractivity contribution in [3.8, 4) is 5.75 Å². The van der Waals surface area contributed by atoms with E-state index in [0.717, 1.165) is 18.0 Å². The highest BCUT2D eigenvalue weighted by molar-refractivity contribution is 5.18. The molecule has 0 fully saturated rings. The summed E-state index contributed by atoms with van der Waals surface area (Å²) in [5.41, 5.74) is 1.16. The average Bonchev–Trinajstić information content (AvgIpc) is 2.14. The van der Waals surface area contributed by atoms with Crippen LogP contribution >= 0.6 is 0 Å². The fourth-order valence-electron chi connectivity index (χ4n) is 1.13. The minimum absolute atomic E-state index is 0.148. The first-order chi connectivity index (χ1) is 6.97. The zero-order valence-electron chi connectivity index (χ0n) is 10.0. The topological polar surface area (TPSA) is 34.1 Å². The van der Waals surface area contributed by atoms with Gasteiger partial charge in [0, 0.05) is 17.8 Å². The van der Waals surface area contributed by atoms with Crippen LogP contribution in [0.2, 0.25) is 0 Å². The van der Waals surface area contributed by atoms with Crippen molar-refractivity contribution < 1.29 is 4.74 Å². The highest BCUT2D eigenvalue weighted by Crippen LogP contribution is 2.08. The molecule has 84 valence electrons. The van der Waals surface area contributed by atoms with E-state index in [4.69, 9.17) is 4.74 Å². The van der Waals surface area contributed by atoms with E-state index in [0.29, 0.717) is 6.61 Å². The van der Waals surface area contributed by atoms with Gasteiger partial charge in [-0.05, 0) is 39.8 Å². The third kappa shape index (κ3) is 5.37. The van der Waals surface area contributed by atoms with Crippen LogP contribution in [0, 0.1) is 6.92 Å². The number of aryl methyl sites for hydroxylation is 1. The lowest BCUT2D eigenvalue weighted by Gasteiger charge is -2.20. The molecule has 0 aromatic carbocycles. The Bertz CT molecular complexity index is 287. The molecule has 15 heavy (non-hydrogen) atoms. The van der Waals surface area contributed by atoms with Crippen LogP contribution in [0.5, 0.6) is 5.75 Å². The van der Waals surface area contributed by atoms with Crippen LogP contribution < -0.4 is 10.1 Å². The largest absolute Gasteiger partial charge is 0.491 e. The maximum atomic E-state index is 5.53. The third-order valence-corrected chi connectivity index (χ3v) is 1.91. The molecule has 0 spiro atoms. The number of hydrogen-bond donors (Lipinski definition) is 1. The number of hydrogen-bond acceptors (Lipinski definition) is 3. The molecular formula is C12H20N2O. The van der Waals surface area contributed by atoms with Crippen LogP contribution in [0.3, 0.4) is 0 Å². The van der Waals surface area contributed by atoms with E-state index in [9.17, 15) is 0 Å². The van der Waals surface area contributed by atoms with Gasteiger partial charge in [-0.25, -0.2) is 0 Å². The summed E-state index contributed by atoms with van der Waals surface area (Å²) in [6.45, 7) is 9.89. The second-order valence-corrected chi connectivity index (χ2v) is 4.66. The minimum atomic E-state index is 0.148. The monoisotopic (exact) mass is 208 g/mol. The molecule has 0 bridgehead atoms. The highest BCUT2D eigenvalue weighted by atomic mass is 16.5. The molecule has 3 nitrogen and oxygen atoms in total. The van der Waals surface area contributed by atoms with E-state index >= 15 is 0 Å². The molecule has 0 aliphatic carbocycles. The van der Waals surface area contributed by atoms with Crippen molar-refractivity contribution in [3.63, 3.8) is 0 Å². The van der Waals surface area contributed by atoms with Crippen molar-refractivity contribution >= 4 is 0 Å². The number of pyridine rings is 1. The SMILES string of the molecule is Cc1ccc(OCCNC(C)(C)C)cn1. The number of ether oxygens (including phenoxy) is 1. The smallest absolute Gasteiger partial charge is 0.137 e. The van der Waals surface area contributed by atoms with Gasteiger partial charge in [0.15, 0.2) is 0 Å². The van der Waals surface area contributed by atoms with Crippen LogP contribution in [0.1, 0.15) is 26.5 Å². The molecule has 0 saturated carbocycles. The van der Waals surface area contributed by atoms with Crippen LogP contribution in [0.25, 0.3) is 0 Å². The van der Waals surface area contributed by atoms with E-state index < -0.39 is 0 Å². The van der Waals surface area contributed by atoms with Crippen LogP contribution in [0.4, 0.5) is 0 Å². The second-order valence-electron chi connectivity index (χ2n) is 4.66. The van der Waals surface area contributed by atoms with Crippen LogP contribution in [0.15, 0.2) is 18.3 Å². The predicted molar refractivity (Wildman–Crippen MR) is 62.2 cm³/mol. The summed E-state index contributed by atoms with van der Waals surface area (Å²) in [5.74, 6) is 0.830. The first kappa shape index (κ1) is 12.0.